The van der Waals surface area contributed by atoms with Gasteiger partial charge >= 0.3 is 0 Å². The number of ether oxygens (including phenoxy) is 1. The molecule has 0 saturated carbocycles. The Morgan fingerprint density at radius 1 is 0.913 bits per heavy atom. The van der Waals surface area contributed by atoms with Crippen molar-refractivity contribution >= 4 is 23.2 Å². The van der Waals surface area contributed by atoms with Crippen LogP contribution >= 0.6 is 23.2 Å². The lowest BCUT2D eigenvalue weighted by Crippen LogP contribution is -2.03. The predicted octanol–water partition coefficient (Wildman–Crippen LogP) is 6.90. The van der Waals surface area contributed by atoms with Gasteiger partial charge in [-0.3, -0.25) is 0 Å². The van der Waals surface area contributed by atoms with Crippen molar-refractivity contribution in [1.82, 2.24) is 0 Å². The summed E-state index contributed by atoms with van der Waals surface area (Å²) >= 11 is 12.1. The summed E-state index contributed by atoms with van der Waals surface area (Å²) in [6, 6.07) is 12.3. The van der Waals surface area contributed by atoms with Crippen LogP contribution in [0, 0.1) is 0 Å². The number of halogens is 2. The Balaban J connectivity index is 2.27. The number of benzene rings is 2. The Bertz CT molecular complexity index is 663. The molecule has 2 aromatic rings. The topological polar surface area (TPSA) is 9.23 Å². The van der Waals surface area contributed by atoms with Crippen LogP contribution in [0.2, 0.25) is 5.02 Å². The molecular formula is C20H24Cl2O. The lowest BCUT2D eigenvalue weighted by atomic mass is 9.96. The van der Waals surface area contributed by atoms with Gasteiger partial charge in [0.1, 0.15) is 12.4 Å². The third-order valence-electron chi connectivity index (χ3n) is 4.02. The van der Waals surface area contributed by atoms with Gasteiger partial charge in [-0.15, -0.1) is 11.6 Å². The van der Waals surface area contributed by atoms with Gasteiger partial charge in [0.2, 0.25) is 0 Å². The fraction of sp³-hybridized carbons (Fsp3) is 0.400. The molecule has 0 aliphatic rings. The van der Waals surface area contributed by atoms with Crippen LogP contribution in [-0.2, 0) is 12.5 Å². The highest BCUT2D eigenvalue weighted by Gasteiger charge is 2.12. The largest absolute Gasteiger partial charge is 0.489 e. The third-order valence-corrected chi connectivity index (χ3v) is 4.54. The Kier molecular flexibility index (Phi) is 6.38. The van der Waals surface area contributed by atoms with Crippen LogP contribution in [0.25, 0.3) is 0 Å². The molecule has 124 valence electrons. The molecule has 0 amide bonds. The van der Waals surface area contributed by atoms with Crippen molar-refractivity contribution in [3.05, 3.63) is 63.7 Å². The molecule has 23 heavy (non-hydrogen) atoms. The van der Waals surface area contributed by atoms with Crippen LogP contribution in [0.4, 0.5) is 0 Å². The molecule has 3 heteroatoms. The standard InChI is InChI=1S/C20H24Cl2O/c1-13(2)15-6-8-19(14(3)4)20(10-15)23-12-16-5-7-18(22)9-17(16)11-21/h5-10,13-14H,11-12H2,1-4H3. The first-order valence-corrected chi connectivity index (χ1v) is 8.93. The maximum Gasteiger partial charge on any atom is 0.123 e. The predicted molar refractivity (Wildman–Crippen MR) is 100.0 cm³/mol. The summed E-state index contributed by atoms with van der Waals surface area (Å²) < 4.78 is 6.16. The summed E-state index contributed by atoms with van der Waals surface area (Å²) in [4.78, 5) is 0. The Hall–Kier alpha value is -1.18. The van der Waals surface area contributed by atoms with Crippen LogP contribution in [-0.4, -0.2) is 0 Å². The van der Waals surface area contributed by atoms with E-state index in [1.54, 1.807) is 0 Å². The molecule has 0 aliphatic carbocycles. The van der Waals surface area contributed by atoms with E-state index in [1.165, 1.54) is 11.1 Å². The van der Waals surface area contributed by atoms with E-state index in [0.717, 1.165) is 16.9 Å². The molecular weight excluding hydrogens is 327 g/mol. The summed E-state index contributed by atoms with van der Waals surface area (Å²) in [5, 5.41) is 0.703. The average molecular weight is 351 g/mol. The molecule has 0 heterocycles. The molecule has 2 rings (SSSR count). The van der Waals surface area contributed by atoms with Crippen LogP contribution in [0.1, 0.15) is 61.8 Å². The van der Waals surface area contributed by atoms with Crippen molar-refractivity contribution in [2.45, 2.75) is 52.0 Å². The molecule has 0 aliphatic heterocycles. The molecule has 0 spiro atoms. The van der Waals surface area contributed by atoms with Gasteiger partial charge in [-0.05, 0) is 52.3 Å². The minimum atomic E-state index is 0.420. The zero-order valence-electron chi connectivity index (χ0n) is 14.2. The van der Waals surface area contributed by atoms with Gasteiger partial charge in [-0.25, -0.2) is 0 Å². The fourth-order valence-corrected chi connectivity index (χ4v) is 2.97. The molecule has 0 bridgehead atoms. The quantitative estimate of drug-likeness (QED) is 0.514. The number of hydrogen-bond acceptors (Lipinski definition) is 1. The minimum Gasteiger partial charge on any atom is -0.489 e. The number of rotatable bonds is 6. The van der Waals surface area contributed by atoms with E-state index >= 15 is 0 Å². The highest BCUT2D eigenvalue weighted by Crippen LogP contribution is 2.31. The van der Waals surface area contributed by atoms with Crippen molar-refractivity contribution in [1.29, 1.82) is 0 Å². The SMILES string of the molecule is CC(C)c1ccc(C(C)C)c(OCc2ccc(Cl)cc2CCl)c1. The second-order valence-electron chi connectivity index (χ2n) is 6.44. The maximum atomic E-state index is 6.16. The minimum absolute atomic E-state index is 0.420. The van der Waals surface area contributed by atoms with Gasteiger partial charge in [-0.2, -0.15) is 0 Å². The Morgan fingerprint density at radius 3 is 2.26 bits per heavy atom. The third kappa shape index (κ3) is 4.65. The summed E-state index contributed by atoms with van der Waals surface area (Å²) in [5.41, 5.74) is 4.62. The lowest BCUT2D eigenvalue weighted by molar-refractivity contribution is 0.300. The molecule has 2 aromatic carbocycles. The van der Waals surface area contributed by atoms with Crippen molar-refractivity contribution in [3.8, 4) is 5.75 Å². The van der Waals surface area contributed by atoms with Gasteiger partial charge < -0.3 is 4.74 Å². The average Bonchev–Trinajstić information content (AvgIpc) is 2.52. The van der Waals surface area contributed by atoms with E-state index in [-0.39, 0.29) is 0 Å². The summed E-state index contributed by atoms with van der Waals surface area (Å²) in [7, 11) is 0. The first-order valence-electron chi connectivity index (χ1n) is 8.02. The molecule has 0 saturated heterocycles. The highest BCUT2D eigenvalue weighted by molar-refractivity contribution is 6.30. The van der Waals surface area contributed by atoms with E-state index in [0.29, 0.717) is 29.3 Å². The number of alkyl halides is 1. The fourth-order valence-electron chi connectivity index (χ4n) is 2.53. The molecule has 0 fully saturated rings. The van der Waals surface area contributed by atoms with Crippen LogP contribution in [0.3, 0.4) is 0 Å². The van der Waals surface area contributed by atoms with E-state index in [2.05, 4.69) is 45.9 Å². The molecule has 0 radical (unpaired) electrons. The second kappa shape index (κ2) is 8.08. The number of hydrogen-bond donors (Lipinski definition) is 0. The van der Waals surface area contributed by atoms with Crippen LogP contribution < -0.4 is 4.74 Å². The van der Waals surface area contributed by atoms with Crippen molar-refractivity contribution in [2.24, 2.45) is 0 Å². The lowest BCUT2D eigenvalue weighted by Gasteiger charge is -2.18. The zero-order chi connectivity index (χ0) is 17.0. The van der Waals surface area contributed by atoms with Gasteiger partial charge in [-0.1, -0.05) is 57.5 Å². The smallest absolute Gasteiger partial charge is 0.123 e. The Labute approximate surface area is 149 Å². The highest BCUT2D eigenvalue weighted by atomic mass is 35.5. The van der Waals surface area contributed by atoms with E-state index in [4.69, 9.17) is 27.9 Å². The van der Waals surface area contributed by atoms with Crippen LogP contribution in [0.15, 0.2) is 36.4 Å². The molecule has 0 aromatic heterocycles. The first kappa shape index (κ1) is 18.2. The van der Waals surface area contributed by atoms with Gasteiger partial charge in [0.25, 0.3) is 0 Å². The van der Waals surface area contributed by atoms with Crippen LogP contribution in [0.5, 0.6) is 5.75 Å². The zero-order valence-corrected chi connectivity index (χ0v) is 15.7. The van der Waals surface area contributed by atoms with Crippen molar-refractivity contribution in [3.63, 3.8) is 0 Å². The normalized spacial score (nSPS) is 11.3. The maximum absolute atomic E-state index is 6.16. The summed E-state index contributed by atoms with van der Waals surface area (Å²) in [6.07, 6.45) is 0. The molecule has 0 N–H and O–H groups in total. The monoisotopic (exact) mass is 350 g/mol. The molecule has 0 atom stereocenters. The van der Waals surface area contributed by atoms with Gasteiger partial charge in [0, 0.05) is 10.9 Å². The van der Waals surface area contributed by atoms with E-state index < -0.39 is 0 Å². The van der Waals surface area contributed by atoms with Gasteiger partial charge in [0.05, 0.1) is 0 Å². The van der Waals surface area contributed by atoms with E-state index in [9.17, 15) is 0 Å². The molecule has 0 unspecified atom stereocenters. The second-order valence-corrected chi connectivity index (χ2v) is 7.15. The molecule has 1 nitrogen and oxygen atoms in total. The van der Waals surface area contributed by atoms with Gasteiger partial charge in [0.15, 0.2) is 0 Å². The first-order chi connectivity index (χ1) is 10.9. The van der Waals surface area contributed by atoms with Crippen molar-refractivity contribution in [2.75, 3.05) is 0 Å². The summed E-state index contributed by atoms with van der Waals surface area (Å²) in [6.45, 7) is 9.26. The summed E-state index contributed by atoms with van der Waals surface area (Å²) in [5.74, 6) is 2.29. The van der Waals surface area contributed by atoms with E-state index in [1.807, 2.05) is 18.2 Å². The van der Waals surface area contributed by atoms with Crippen molar-refractivity contribution < 1.29 is 4.74 Å². The Morgan fingerprint density at radius 2 is 1.65 bits per heavy atom.